The highest BCUT2D eigenvalue weighted by molar-refractivity contribution is 8.18. The number of rotatable bonds is 7. The molecule has 0 bridgehead atoms. The lowest BCUT2D eigenvalue weighted by molar-refractivity contribution is -0.394. The van der Waals surface area contributed by atoms with E-state index < -0.39 is 9.85 Å². The zero-order valence-corrected chi connectivity index (χ0v) is 14.1. The summed E-state index contributed by atoms with van der Waals surface area (Å²) in [6.45, 7) is 0. The first kappa shape index (κ1) is 16.4. The number of nitrogens with zero attached hydrogens (tertiary/aromatic N) is 3. The van der Waals surface area contributed by atoms with Crippen LogP contribution in [-0.4, -0.2) is 20.3 Å². The van der Waals surface area contributed by atoms with Crippen LogP contribution in [0.15, 0.2) is 18.2 Å². The van der Waals surface area contributed by atoms with Gasteiger partial charge in [-0.05, 0) is 49.6 Å². The second-order valence-electron chi connectivity index (χ2n) is 5.80. The average molecular weight is 355 g/mol. The summed E-state index contributed by atoms with van der Waals surface area (Å²) in [4.78, 5) is 21.0. The Balaban J connectivity index is 1.88. The van der Waals surface area contributed by atoms with Crippen molar-refractivity contribution in [3.05, 3.63) is 38.4 Å². The van der Waals surface area contributed by atoms with Crippen molar-refractivity contribution in [3.63, 3.8) is 0 Å². The number of non-ortho nitro benzene ring substituents is 2. The molecule has 0 unspecified atom stereocenters. The lowest BCUT2D eigenvalue weighted by Crippen LogP contribution is -2.24. The van der Waals surface area contributed by atoms with Crippen molar-refractivity contribution in [2.45, 2.75) is 49.0 Å². The molecule has 0 aliphatic heterocycles. The van der Waals surface area contributed by atoms with Gasteiger partial charge in [0.25, 0.3) is 11.4 Å². The molecule has 9 heteroatoms. The molecule has 2 aliphatic rings. The molecule has 2 fully saturated rings. The standard InChI is InChI=1S/C14H17N3O4S2/c18-15(19)10-7-11(16(20)21)9-12(8-10)17(22-13-3-1-4-13)23-14-5-2-6-14/h7-9,13-14H,1-6H2. The molecule has 0 atom stereocenters. The Bertz CT molecular complexity index is 572. The third kappa shape index (κ3) is 3.89. The first-order valence-electron chi connectivity index (χ1n) is 7.60. The van der Waals surface area contributed by atoms with E-state index in [9.17, 15) is 20.2 Å². The lowest BCUT2D eigenvalue weighted by Gasteiger charge is -2.35. The van der Waals surface area contributed by atoms with Crippen LogP contribution in [0.4, 0.5) is 17.1 Å². The minimum absolute atomic E-state index is 0.234. The molecule has 1 aromatic rings. The zero-order valence-electron chi connectivity index (χ0n) is 12.4. The van der Waals surface area contributed by atoms with Crippen molar-refractivity contribution in [1.29, 1.82) is 0 Å². The van der Waals surface area contributed by atoms with Crippen LogP contribution < -0.4 is 3.71 Å². The summed E-state index contributed by atoms with van der Waals surface area (Å²) in [7, 11) is 0. The van der Waals surface area contributed by atoms with Gasteiger partial charge in [0.15, 0.2) is 0 Å². The van der Waals surface area contributed by atoms with E-state index in [1.807, 2.05) is 3.71 Å². The summed E-state index contributed by atoms with van der Waals surface area (Å²) in [5, 5.41) is 23.2. The smallest absolute Gasteiger partial charge is 0.258 e. The summed E-state index contributed by atoms with van der Waals surface area (Å²) >= 11 is 3.31. The van der Waals surface area contributed by atoms with Gasteiger partial charge in [-0.25, -0.2) is 0 Å². The lowest BCUT2D eigenvalue weighted by atomic mass is 10.0. The molecular weight excluding hydrogens is 338 g/mol. The molecule has 0 N–H and O–H groups in total. The highest BCUT2D eigenvalue weighted by Crippen LogP contribution is 2.46. The van der Waals surface area contributed by atoms with Crippen LogP contribution in [0.3, 0.4) is 0 Å². The van der Waals surface area contributed by atoms with E-state index in [-0.39, 0.29) is 11.4 Å². The van der Waals surface area contributed by atoms with Gasteiger partial charge in [0.05, 0.1) is 21.6 Å². The van der Waals surface area contributed by atoms with Gasteiger partial charge in [-0.15, -0.1) is 0 Å². The molecule has 124 valence electrons. The predicted octanol–water partition coefficient (Wildman–Crippen LogP) is 4.71. The van der Waals surface area contributed by atoms with E-state index in [1.54, 1.807) is 23.9 Å². The van der Waals surface area contributed by atoms with Crippen LogP contribution in [0, 0.1) is 20.2 Å². The second-order valence-corrected chi connectivity index (χ2v) is 8.51. The summed E-state index contributed by atoms with van der Waals surface area (Å²) < 4.78 is 1.97. The fourth-order valence-electron chi connectivity index (χ4n) is 2.27. The maximum atomic E-state index is 11.1. The number of hydrogen-bond acceptors (Lipinski definition) is 7. The topological polar surface area (TPSA) is 89.5 Å². The molecule has 1 aromatic carbocycles. The van der Waals surface area contributed by atoms with Crippen LogP contribution in [-0.2, 0) is 0 Å². The summed E-state index contributed by atoms with van der Waals surface area (Å²) in [6, 6.07) is 3.89. The van der Waals surface area contributed by atoms with Crippen molar-refractivity contribution in [1.82, 2.24) is 0 Å². The van der Waals surface area contributed by atoms with Crippen LogP contribution >= 0.6 is 23.9 Å². The van der Waals surface area contributed by atoms with Gasteiger partial charge in [-0.2, -0.15) is 0 Å². The summed E-state index contributed by atoms with van der Waals surface area (Å²) in [5.74, 6) is 0. The van der Waals surface area contributed by atoms with Crippen LogP contribution in [0.2, 0.25) is 0 Å². The minimum atomic E-state index is -0.573. The first-order valence-corrected chi connectivity index (χ1v) is 9.28. The van der Waals surface area contributed by atoms with Crippen molar-refractivity contribution >= 4 is 41.0 Å². The second kappa shape index (κ2) is 6.96. The van der Waals surface area contributed by atoms with Gasteiger partial charge >= 0.3 is 0 Å². The summed E-state index contributed by atoms with van der Waals surface area (Å²) in [6.07, 6.45) is 6.92. The Morgan fingerprint density at radius 1 is 0.870 bits per heavy atom. The van der Waals surface area contributed by atoms with Crippen molar-refractivity contribution in [2.75, 3.05) is 3.71 Å². The Labute approximate surface area is 142 Å². The fraction of sp³-hybridized carbons (Fsp3) is 0.571. The van der Waals surface area contributed by atoms with E-state index in [0.717, 1.165) is 31.7 Å². The first-order chi connectivity index (χ1) is 11.0. The molecule has 2 aliphatic carbocycles. The molecule has 0 radical (unpaired) electrons. The quantitative estimate of drug-likeness (QED) is 0.397. The molecule has 0 saturated heterocycles. The van der Waals surface area contributed by atoms with Gasteiger partial charge < -0.3 is 0 Å². The van der Waals surface area contributed by atoms with Gasteiger partial charge in [0, 0.05) is 22.6 Å². The third-order valence-corrected chi connectivity index (χ3v) is 6.97. The fourth-order valence-corrected chi connectivity index (χ4v) is 5.28. The van der Waals surface area contributed by atoms with Crippen molar-refractivity contribution in [3.8, 4) is 0 Å². The molecule has 23 heavy (non-hydrogen) atoms. The molecule has 0 aromatic heterocycles. The minimum Gasteiger partial charge on any atom is -0.258 e. The van der Waals surface area contributed by atoms with Crippen LogP contribution in [0.5, 0.6) is 0 Å². The van der Waals surface area contributed by atoms with Gasteiger partial charge in [-0.1, -0.05) is 12.8 Å². The predicted molar refractivity (Wildman–Crippen MR) is 92.7 cm³/mol. The van der Waals surface area contributed by atoms with Crippen LogP contribution in [0.1, 0.15) is 38.5 Å². The Hall–Kier alpha value is -1.48. The van der Waals surface area contributed by atoms with Crippen molar-refractivity contribution in [2.24, 2.45) is 0 Å². The maximum Gasteiger partial charge on any atom is 0.278 e. The largest absolute Gasteiger partial charge is 0.278 e. The number of anilines is 1. The molecule has 0 heterocycles. The zero-order chi connectivity index (χ0) is 16.4. The highest BCUT2D eigenvalue weighted by atomic mass is 32.2. The molecule has 0 amide bonds. The number of hydrogen-bond donors (Lipinski definition) is 0. The van der Waals surface area contributed by atoms with Crippen LogP contribution in [0.25, 0.3) is 0 Å². The van der Waals surface area contributed by atoms with E-state index in [4.69, 9.17) is 0 Å². The van der Waals surface area contributed by atoms with E-state index in [2.05, 4.69) is 0 Å². The number of nitro benzene ring substituents is 2. The molecular formula is C14H17N3O4S2. The molecule has 0 spiro atoms. The SMILES string of the molecule is O=[N+]([O-])c1cc(N(SC2CCC2)SC2CCC2)cc([N+](=O)[O-])c1. The molecule has 2 saturated carbocycles. The van der Waals surface area contributed by atoms with E-state index in [1.165, 1.54) is 25.0 Å². The third-order valence-electron chi connectivity index (χ3n) is 4.11. The van der Waals surface area contributed by atoms with Gasteiger partial charge in [-0.3, -0.25) is 23.9 Å². The average Bonchev–Trinajstić information content (AvgIpc) is 2.43. The number of benzene rings is 1. The normalized spacial score (nSPS) is 18.1. The molecule has 7 nitrogen and oxygen atoms in total. The van der Waals surface area contributed by atoms with Gasteiger partial charge in [0.1, 0.15) is 0 Å². The Kier molecular flexibility index (Phi) is 4.96. The Morgan fingerprint density at radius 3 is 1.61 bits per heavy atom. The van der Waals surface area contributed by atoms with Crippen molar-refractivity contribution < 1.29 is 9.85 Å². The Morgan fingerprint density at radius 2 is 1.30 bits per heavy atom. The van der Waals surface area contributed by atoms with E-state index in [0.29, 0.717) is 16.2 Å². The maximum absolute atomic E-state index is 11.1. The van der Waals surface area contributed by atoms with E-state index >= 15 is 0 Å². The number of nitro groups is 2. The van der Waals surface area contributed by atoms with Gasteiger partial charge in [0.2, 0.25) is 0 Å². The monoisotopic (exact) mass is 355 g/mol. The highest BCUT2D eigenvalue weighted by Gasteiger charge is 2.29. The molecule has 3 rings (SSSR count). The summed E-state index contributed by atoms with van der Waals surface area (Å²) in [5.41, 5.74) is 0.0740.